The normalized spacial score (nSPS) is 14.5. The number of likely N-dealkylation sites (N-methyl/N-ethyl adjacent to an activating group) is 1. The van der Waals surface area contributed by atoms with Crippen LogP contribution in [0.1, 0.15) is 44.2 Å². The molecule has 0 aliphatic rings. The van der Waals surface area contributed by atoms with Crippen molar-refractivity contribution in [2.75, 3.05) is 13.2 Å². The van der Waals surface area contributed by atoms with Crippen molar-refractivity contribution in [3.8, 4) is 0 Å². The zero-order chi connectivity index (χ0) is 15.5. The van der Waals surface area contributed by atoms with E-state index in [0.29, 0.717) is 0 Å². The average molecular weight is 291 g/mol. The van der Waals surface area contributed by atoms with Gasteiger partial charge in [-0.3, -0.25) is 0 Å². The van der Waals surface area contributed by atoms with E-state index in [0.717, 1.165) is 18.5 Å². The van der Waals surface area contributed by atoms with E-state index in [-0.39, 0.29) is 12.6 Å². The summed E-state index contributed by atoms with van der Waals surface area (Å²) in [6.45, 7) is 4.82. The summed E-state index contributed by atoms with van der Waals surface area (Å²) >= 11 is 0. The molecule has 118 valence electrons. The monoisotopic (exact) mass is 291 g/mol. The van der Waals surface area contributed by atoms with Crippen LogP contribution in [0.4, 0.5) is 0 Å². The first kappa shape index (κ1) is 17.9. The molecule has 3 heteroatoms. The summed E-state index contributed by atoms with van der Waals surface area (Å²) in [4.78, 5) is 0. The van der Waals surface area contributed by atoms with Crippen LogP contribution in [0.5, 0.6) is 0 Å². The van der Waals surface area contributed by atoms with Crippen molar-refractivity contribution < 1.29 is 10.2 Å². The largest absolute Gasteiger partial charge is 0.395 e. The lowest BCUT2D eigenvalue weighted by Crippen LogP contribution is -2.41. The Morgan fingerprint density at radius 3 is 2.43 bits per heavy atom. The highest BCUT2D eigenvalue weighted by Gasteiger charge is 2.13. The van der Waals surface area contributed by atoms with Crippen LogP contribution < -0.4 is 5.32 Å². The van der Waals surface area contributed by atoms with E-state index in [4.69, 9.17) is 0 Å². The Morgan fingerprint density at radius 1 is 1.14 bits per heavy atom. The molecule has 1 aromatic carbocycles. The van der Waals surface area contributed by atoms with Gasteiger partial charge in [-0.15, -0.1) is 0 Å². The van der Waals surface area contributed by atoms with Crippen molar-refractivity contribution in [1.29, 1.82) is 0 Å². The molecular formula is C18H29NO2. The number of unbranched alkanes of at least 4 members (excludes halogenated alkanes) is 2. The van der Waals surface area contributed by atoms with Crippen molar-refractivity contribution in [3.05, 3.63) is 41.5 Å². The lowest BCUT2D eigenvalue weighted by Gasteiger charge is -2.18. The molecule has 0 radical (unpaired) electrons. The fraction of sp³-hybridized carbons (Fsp3) is 0.556. The van der Waals surface area contributed by atoms with Gasteiger partial charge in [-0.2, -0.15) is 0 Å². The molecule has 0 heterocycles. The standard InChI is InChI=1S/C18H29NO2/c1-3-5-6-7-15-8-10-16(11-9-15)12-13-18(21)17(14-20)19-4-2/h8-13,17-21H,3-7,14H2,1-2H3/t17-,18+/m1/s1. The molecule has 0 aliphatic heterocycles. The molecule has 0 aromatic heterocycles. The molecule has 1 aromatic rings. The van der Waals surface area contributed by atoms with Gasteiger partial charge in [-0.05, 0) is 30.5 Å². The summed E-state index contributed by atoms with van der Waals surface area (Å²) in [5.74, 6) is 0. The van der Waals surface area contributed by atoms with Crippen molar-refractivity contribution >= 4 is 6.08 Å². The number of aliphatic hydroxyl groups excluding tert-OH is 2. The number of rotatable bonds is 10. The summed E-state index contributed by atoms with van der Waals surface area (Å²) in [7, 11) is 0. The summed E-state index contributed by atoms with van der Waals surface area (Å²) in [6, 6.07) is 8.14. The fourth-order valence-electron chi connectivity index (χ4n) is 2.27. The molecule has 0 aliphatic carbocycles. The highest BCUT2D eigenvalue weighted by atomic mass is 16.3. The topological polar surface area (TPSA) is 52.5 Å². The third kappa shape index (κ3) is 6.89. The third-order valence-corrected chi connectivity index (χ3v) is 3.61. The zero-order valence-corrected chi connectivity index (χ0v) is 13.3. The van der Waals surface area contributed by atoms with Crippen molar-refractivity contribution in [2.24, 2.45) is 0 Å². The van der Waals surface area contributed by atoms with Gasteiger partial charge in [0, 0.05) is 0 Å². The van der Waals surface area contributed by atoms with Gasteiger partial charge in [0.15, 0.2) is 0 Å². The molecule has 3 N–H and O–H groups in total. The highest BCUT2D eigenvalue weighted by Crippen LogP contribution is 2.10. The van der Waals surface area contributed by atoms with E-state index in [9.17, 15) is 10.2 Å². The van der Waals surface area contributed by atoms with Crippen LogP contribution >= 0.6 is 0 Å². The second kappa shape index (κ2) is 10.6. The van der Waals surface area contributed by atoms with Crippen LogP contribution in [0.25, 0.3) is 6.08 Å². The van der Waals surface area contributed by atoms with Crippen LogP contribution in [0, 0.1) is 0 Å². The molecule has 3 nitrogen and oxygen atoms in total. The number of aryl methyl sites for hydroxylation is 1. The zero-order valence-electron chi connectivity index (χ0n) is 13.3. The molecule has 0 bridgehead atoms. The molecule has 0 fully saturated rings. The molecular weight excluding hydrogens is 262 g/mol. The fourth-order valence-corrected chi connectivity index (χ4v) is 2.27. The van der Waals surface area contributed by atoms with E-state index in [1.165, 1.54) is 24.8 Å². The van der Waals surface area contributed by atoms with Gasteiger partial charge in [0.05, 0.1) is 18.8 Å². The number of hydrogen-bond acceptors (Lipinski definition) is 3. The van der Waals surface area contributed by atoms with Gasteiger partial charge in [-0.25, -0.2) is 0 Å². The Labute approximate surface area is 128 Å². The molecule has 1 rings (SSSR count). The third-order valence-electron chi connectivity index (χ3n) is 3.61. The van der Waals surface area contributed by atoms with Crippen molar-refractivity contribution in [3.63, 3.8) is 0 Å². The van der Waals surface area contributed by atoms with E-state index < -0.39 is 6.10 Å². The number of nitrogens with one attached hydrogen (secondary N) is 1. The quantitative estimate of drug-likeness (QED) is 0.581. The van der Waals surface area contributed by atoms with Gasteiger partial charge in [0.25, 0.3) is 0 Å². The predicted octanol–water partition coefficient (Wildman–Crippen LogP) is 2.76. The van der Waals surface area contributed by atoms with Crippen LogP contribution in [-0.2, 0) is 6.42 Å². The first-order chi connectivity index (χ1) is 10.2. The molecule has 0 saturated carbocycles. The van der Waals surface area contributed by atoms with Crippen LogP contribution in [0.3, 0.4) is 0 Å². The molecule has 21 heavy (non-hydrogen) atoms. The van der Waals surface area contributed by atoms with E-state index >= 15 is 0 Å². The number of benzene rings is 1. The first-order valence-electron chi connectivity index (χ1n) is 8.00. The molecule has 0 unspecified atom stereocenters. The highest BCUT2D eigenvalue weighted by molar-refractivity contribution is 5.50. The maximum absolute atomic E-state index is 9.99. The Hall–Kier alpha value is -1.16. The minimum atomic E-state index is -0.681. The summed E-state index contributed by atoms with van der Waals surface area (Å²) < 4.78 is 0. The average Bonchev–Trinajstić information content (AvgIpc) is 2.51. The maximum atomic E-state index is 9.99. The first-order valence-corrected chi connectivity index (χ1v) is 8.00. The molecule has 2 atom stereocenters. The second-order valence-electron chi connectivity index (χ2n) is 5.40. The minimum absolute atomic E-state index is 0.0737. The number of aliphatic hydroxyl groups is 2. The lowest BCUT2D eigenvalue weighted by molar-refractivity contribution is 0.125. The number of hydrogen-bond donors (Lipinski definition) is 3. The summed E-state index contributed by atoms with van der Waals surface area (Å²) in [5.41, 5.74) is 2.43. The Balaban J connectivity index is 2.52. The SMILES string of the molecule is CCCCCc1ccc(C=C[C@H](O)[C@@H](CO)NCC)cc1. The predicted molar refractivity (Wildman–Crippen MR) is 89.3 cm³/mol. The Morgan fingerprint density at radius 2 is 1.86 bits per heavy atom. The van der Waals surface area contributed by atoms with Crippen molar-refractivity contribution in [1.82, 2.24) is 5.32 Å². The minimum Gasteiger partial charge on any atom is -0.395 e. The maximum Gasteiger partial charge on any atom is 0.0899 e. The van der Waals surface area contributed by atoms with Gasteiger partial charge in [0.2, 0.25) is 0 Å². The van der Waals surface area contributed by atoms with Gasteiger partial charge in [0.1, 0.15) is 0 Å². The Bertz CT molecular complexity index is 400. The van der Waals surface area contributed by atoms with E-state index in [2.05, 4.69) is 36.5 Å². The Kier molecular flexibility index (Phi) is 8.99. The molecule has 0 amide bonds. The van der Waals surface area contributed by atoms with Crippen LogP contribution in [-0.4, -0.2) is 35.5 Å². The second-order valence-corrected chi connectivity index (χ2v) is 5.40. The van der Waals surface area contributed by atoms with Crippen molar-refractivity contribution in [2.45, 2.75) is 51.7 Å². The summed E-state index contributed by atoms with van der Waals surface area (Å²) in [6.07, 6.45) is 7.85. The van der Waals surface area contributed by atoms with E-state index in [1.54, 1.807) is 6.08 Å². The van der Waals surface area contributed by atoms with Crippen LogP contribution in [0.15, 0.2) is 30.3 Å². The lowest BCUT2D eigenvalue weighted by atomic mass is 10.0. The van der Waals surface area contributed by atoms with Gasteiger partial charge in [-0.1, -0.05) is 63.1 Å². The van der Waals surface area contributed by atoms with Gasteiger partial charge >= 0.3 is 0 Å². The van der Waals surface area contributed by atoms with Crippen LogP contribution in [0.2, 0.25) is 0 Å². The smallest absolute Gasteiger partial charge is 0.0899 e. The van der Waals surface area contributed by atoms with E-state index in [1.807, 2.05) is 13.0 Å². The summed E-state index contributed by atoms with van der Waals surface area (Å²) in [5, 5.41) is 22.3. The molecule has 0 spiro atoms. The molecule has 0 saturated heterocycles. The van der Waals surface area contributed by atoms with Gasteiger partial charge < -0.3 is 15.5 Å².